The predicted molar refractivity (Wildman–Crippen MR) is 75.7 cm³/mol. The van der Waals surface area contributed by atoms with Gasteiger partial charge in [-0.05, 0) is 13.0 Å². The number of nitro benzene ring substituents is 1. The van der Waals surface area contributed by atoms with Crippen LogP contribution in [0.15, 0.2) is 30.3 Å². The van der Waals surface area contributed by atoms with E-state index < -0.39 is 16.7 Å². The fourth-order valence-electron chi connectivity index (χ4n) is 1.94. The van der Waals surface area contributed by atoms with E-state index in [4.69, 9.17) is 4.74 Å². The molecule has 22 heavy (non-hydrogen) atoms. The summed E-state index contributed by atoms with van der Waals surface area (Å²) in [6, 6.07) is 6.84. The number of benzene rings is 1. The Kier molecular flexibility index (Phi) is 4.31. The number of rotatable bonds is 5. The standard InChI is InChI=1S/C14H13N3O5/c1-3-22-14(19)12-8-10(15-16(12)2)13(18)9-6-4-5-7-11(9)17(20)21/h4-8H,3H2,1-2H3. The molecule has 1 aromatic carbocycles. The van der Waals surface area contributed by atoms with E-state index in [-0.39, 0.29) is 29.2 Å². The van der Waals surface area contributed by atoms with Gasteiger partial charge in [-0.3, -0.25) is 19.6 Å². The van der Waals surface area contributed by atoms with E-state index in [0.29, 0.717) is 0 Å². The highest BCUT2D eigenvalue weighted by Crippen LogP contribution is 2.21. The zero-order valence-corrected chi connectivity index (χ0v) is 12.0. The number of ketones is 1. The highest BCUT2D eigenvalue weighted by molar-refractivity contribution is 6.11. The van der Waals surface area contributed by atoms with Gasteiger partial charge in [0.05, 0.1) is 11.5 Å². The van der Waals surface area contributed by atoms with Gasteiger partial charge in [-0.1, -0.05) is 12.1 Å². The first-order chi connectivity index (χ1) is 10.5. The van der Waals surface area contributed by atoms with Gasteiger partial charge in [0.25, 0.3) is 5.69 Å². The smallest absolute Gasteiger partial charge is 0.356 e. The number of hydrogen-bond donors (Lipinski definition) is 0. The molecular weight excluding hydrogens is 290 g/mol. The van der Waals surface area contributed by atoms with Crippen LogP contribution in [0.2, 0.25) is 0 Å². The largest absolute Gasteiger partial charge is 0.461 e. The molecule has 0 aliphatic carbocycles. The van der Waals surface area contributed by atoms with Crippen molar-refractivity contribution in [1.29, 1.82) is 0 Å². The Balaban J connectivity index is 2.41. The lowest BCUT2D eigenvalue weighted by Gasteiger charge is -1.99. The molecule has 1 heterocycles. The fourth-order valence-corrected chi connectivity index (χ4v) is 1.94. The maximum Gasteiger partial charge on any atom is 0.356 e. The molecular formula is C14H13N3O5. The number of hydrogen-bond acceptors (Lipinski definition) is 6. The van der Waals surface area contributed by atoms with Crippen molar-refractivity contribution >= 4 is 17.4 Å². The Morgan fingerprint density at radius 3 is 2.68 bits per heavy atom. The van der Waals surface area contributed by atoms with Crippen LogP contribution in [-0.4, -0.2) is 33.1 Å². The maximum absolute atomic E-state index is 12.4. The summed E-state index contributed by atoms with van der Waals surface area (Å²) in [6.07, 6.45) is 0. The molecule has 0 aliphatic rings. The first-order valence-electron chi connectivity index (χ1n) is 6.45. The molecule has 0 amide bonds. The summed E-state index contributed by atoms with van der Waals surface area (Å²) >= 11 is 0. The fraction of sp³-hybridized carbons (Fsp3) is 0.214. The van der Waals surface area contributed by atoms with Crippen LogP contribution in [0.5, 0.6) is 0 Å². The van der Waals surface area contributed by atoms with Gasteiger partial charge in [0.1, 0.15) is 17.0 Å². The zero-order valence-electron chi connectivity index (χ0n) is 12.0. The Morgan fingerprint density at radius 2 is 2.05 bits per heavy atom. The number of aromatic nitrogens is 2. The van der Waals surface area contributed by atoms with E-state index in [0.717, 1.165) is 0 Å². The molecule has 0 saturated carbocycles. The minimum absolute atomic E-state index is 0.0557. The molecule has 8 heteroatoms. The second-order valence-corrected chi connectivity index (χ2v) is 4.36. The number of esters is 1. The van der Waals surface area contributed by atoms with Gasteiger partial charge in [-0.25, -0.2) is 4.79 Å². The first kappa shape index (κ1) is 15.4. The van der Waals surface area contributed by atoms with Crippen molar-refractivity contribution < 1.29 is 19.2 Å². The first-order valence-corrected chi connectivity index (χ1v) is 6.45. The van der Waals surface area contributed by atoms with Crippen molar-refractivity contribution in [3.05, 3.63) is 57.4 Å². The van der Waals surface area contributed by atoms with Crippen molar-refractivity contribution in [2.45, 2.75) is 6.92 Å². The zero-order chi connectivity index (χ0) is 16.3. The molecule has 0 spiro atoms. The van der Waals surface area contributed by atoms with Gasteiger partial charge in [-0.2, -0.15) is 5.10 Å². The number of nitrogens with zero attached hydrogens (tertiary/aromatic N) is 3. The summed E-state index contributed by atoms with van der Waals surface area (Å²) in [6.45, 7) is 1.85. The Morgan fingerprint density at radius 1 is 1.36 bits per heavy atom. The number of nitro groups is 1. The quantitative estimate of drug-likeness (QED) is 0.360. The van der Waals surface area contributed by atoms with E-state index in [1.54, 1.807) is 6.92 Å². The number of ether oxygens (including phenoxy) is 1. The SMILES string of the molecule is CCOC(=O)c1cc(C(=O)c2ccccc2[N+](=O)[O-])nn1C. The second kappa shape index (κ2) is 6.17. The highest BCUT2D eigenvalue weighted by Gasteiger charge is 2.24. The second-order valence-electron chi connectivity index (χ2n) is 4.36. The van der Waals surface area contributed by atoms with Crippen LogP contribution in [0.25, 0.3) is 0 Å². The number of carbonyl (C=O) groups is 2. The molecule has 8 nitrogen and oxygen atoms in total. The summed E-state index contributed by atoms with van der Waals surface area (Å²) in [7, 11) is 1.49. The molecule has 0 unspecified atom stereocenters. The molecule has 0 radical (unpaired) electrons. The minimum Gasteiger partial charge on any atom is -0.461 e. The summed E-state index contributed by atoms with van der Waals surface area (Å²) < 4.78 is 6.06. The lowest BCUT2D eigenvalue weighted by atomic mass is 10.1. The normalized spacial score (nSPS) is 10.3. The third-order valence-corrected chi connectivity index (χ3v) is 2.94. The van der Waals surface area contributed by atoms with Gasteiger partial charge >= 0.3 is 5.97 Å². The molecule has 114 valence electrons. The van der Waals surface area contributed by atoms with Crippen LogP contribution in [0.1, 0.15) is 33.5 Å². The van der Waals surface area contributed by atoms with Crippen LogP contribution in [0.3, 0.4) is 0 Å². The van der Waals surface area contributed by atoms with Gasteiger partial charge in [0.2, 0.25) is 5.78 Å². The van der Waals surface area contributed by atoms with E-state index in [1.165, 1.54) is 42.1 Å². The van der Waals surface area contributed by atoms with Crippen molar-refractivity contribution in [3.8, 4) is 0 Å². The molecule has 1 aromatic heterocycles. The molecule has 0 atom stereocenters. The third kappa shape index (κ3) is 2.85. The monoisotopic (exact) mass is 303 g/mol. The molecule has 0 saturated heterocycles. The molecule has 2 rings (SSSR count). The Hall–Kier alpha value is -3.03. The number of aryl methyl sites for hydroxylation is 1. The van der Waals surface area contributed by atoms with Crippen LogP contribution >= 0.6 is 0 Å². The summed E-state index contributed by atoms with van der Waals surface area (Å²) in [5.74, 6) is -1.24. The van der Waals surface area contributed by atoms with Crippen LogP contribution in [-0.2, 0) is 11.8 Å². The van der Waals surface area contributed by atoms with Crippen molar-refractivity contribution in [3.63, 3.8) is 0 Å². The third-order valence-electron chi connectivity index (χ3n) is 2.94. The number of carbonyl (C=O) groups excluding carboxylic acids is 2. The predicted octanol–water partition coefficient (Wildman–Crippen LogP) is 1.74. The van der Waals surface area contributed by atoms with Crippen LogP contribution < -0.4 is 0 Å². The van der Waals surface area contributed by atoms with E-state index >= 15 is 0 Å². The van der Waals surface area contributed by atoms with E-state index in [1.807, 2.05) is 0 Å². The summed E-state index contributed by atoms with van der Waals surface area (Å²) in [5.41, 5.74) is -0.347. The Labute approximate surface area is 125 Å². The number of para-hydroxylation sites is 1. The average Bonchev–Trinajstić information content (AvgIpc) is 2.88. The van der Waals surface area contributed by atoms with Crippen LogP contribution in [0, 0.1) is 10.1 Å². The molecule has 0 aliphatic heterocycles. The lowest BCUT2D eigenvalue weighted by molar-refractivity contribution is -0.385. The van der Waals surface area contributed by atoms with Crippen molar-refractivity contribution in [2.24, 2.45) is 7.05 Å². The van der Waals surface area contributed by atoms with Gasteiger partial charge in [0.15, 0.2) is 0 Å². The van der Waals surface area contributed by atoms with Crippen molar-refractivity contribution in [2.75, 3.05) is 6.61 Å². The Bertz CT molecular complexity index is 751. The minimum atomic E-state index is -0.636. The topological polar surface area (TPSA) is 104 Å². The van der Waals surface area contributed by atoms with E-state index in [9.17, 15) is 19.7 Å². The average molecular weight is 303 g/mol. The highest BCUT2D eigenvalue weighted by atomic mass is 16.6. The molecule has 0 N–H and O–H groups in total. The van der Waals surface area contributed by atoms with E-state index in [2.05, 4.69) is 5.10 Å². The molecule has 0 fully saturated rings. The maximum atomic E-state index is 12.4. The summed E-state index contributed by atoms with van der Waals surface area (Å²) in [4.78, 5) is 34.4. The molecule has 0 bridgehead atoms. The summed E-state index contributed by atoms with van der Waals surface area (Å²) in [5, 5.41) is 14.9. The molecule has 2 aromatic rings. The van der Waals surface area contributed by atoms with Crippen molar-refractivity contribution in [1.82, 2.24) is 9.78 Å². The van der Waals surface area contributed by atoms with Gasteiger partial charge in [0, 0.05) is 19.2 Å². The lowest BCUT2D eigenvalue weighted by Crippen LogP contribution is -2.10. The van der Waals surface area contributed by atoms with Gasteiger partial charge in [-0.15, -0.1) is 0 Å². The van der Waals surface area contributed by atoms with Gasteiger partial charge < -0.3 is 4.74 Å². The van der Waals surface area contributed by atoms with Crippen LogP contribution in [0.4, 0.5) is 5.69 Å².